The van der Waals surface area contributed by atoms with Gasteiger partial charge in [0.1, 0.15) is 11.5 Å². The maximum absolute atomic E-state index is 10.9. The minimum Gasteiger partial charge on any atom is -0.507 e. The number of hydrogen-bond donors (Lipinski definition) is 2. The Labute approximate surface area is 231 Å². The molecule has 3 aromatic heterocycles. The van der Waals surface area contributed by atoms with Crippen LogP contribution >= 0.6 is 34.0 Å². The van der Waals surface area contributed by atoms with Crippen LogP contribution in [0.5, 0.6) is 11.5 Å². The molecule has 0 bridgehead atoms. The molecule has 0 saturated heterocycles. The summed E-state index contributed by atoms with van der Waals surface area (Å²) in [7, 11) is 0. The fourth-order valence-electron chi connectivity index (χ4n) is 5.00. The Hall–Kier alpha value is -1.30. The summed E-state index contributed by atoms with van der Waals surface area (Å²) < 4.78 is 0. The van der Waals surface area contributed by atoms with Crippen LogP contribution in [0.15, 0.2) is 24.3 Å². The van der Waals surface area contributed by atoms with E-state index in [1.165, 1.54) is 19.5 Å². The van der Waals surface area contributed by atoms with E-state index in [1.807, 2.05) is 23.5 Å². The summed E-state index contributed by atoms with van der Waals surface area (Å²) in [5.41, 5.74) is -0.791. The van der Waals surface area contributed by atoms with Crippen molar-refractivity contribution in [3.63, 3.8) is 0 Å². The lowest BCUT2D eigenvalue weighted by Crippen LogP contribution is -2.41. The molecule has 5 heteroatoms. The van der Waals surface area contributed by atoms with E-state index in [-0.39, 0.29) is 21.7 Å². The normalized spacial score (nSPS) is 15.2. The highest BCUT2D eigenvalue weighted by atomic mass is 32.1. The lowest BCUT2D eigenvalue weighted by Gasteiger charge is -2.44. The molecule has 3 rings (SSSR count). The largest absolute Gasteiger partial charge is 0.507 e. The first-order valence-electron chi connectivity index (χ1n) is 13.2. The van der Waals surface area contributed by atoms with Gasteiger partial charge in [0.15, 0.2) is 0 Å². The lowest BCUT2D eigenvalue weighted by atomic mass is 9.63. The van der Waals surface area contributed by atoms with E-state index in [4.69, 9.17) is 0 Å². The summed E-state index contributed by atoms with van der Waals surface area (Å²) in [6.45, 7) is 27.1. The molecular formula is C31H46O2S3. The van der Waals surface area contributed by atoms with Crippen molar-refractivity contribution in [2.45, 2.75) is 123 Å². The first kappa shape index (κ1) is 29.3. The molecule has 200 valence electrons. The van der Waals surface area contributed by atoms with Crippen LogP contribution in [0.3, 0.4) is 0 Å². The Kier molecular flexibility index (Phi) is 7.95. The molecule has 3 aromatic rings. The number of rotatable bonds is 9. The predicted octanol–water partition coefficient (Wildman–Crippen LogP) is 10.4. The predicted molar refractivity (Wildman–Crippen MR) is 161 cm³/mol. The SMILES string of the molecule is CCC(C)(c1ccc(C(C)(C)C(C)(C)c2sc(C(C)C)cc2O)s1)C(C)(C)c1sc(C(C)C)cc1O. The average Bonchev–Trinajstić information content (AvgIpc) is 3.51. The molecule has 0 aromatic carbocycles. The van der Waals surface area contributed by atoms with Gasteiger partial charge in [0.2, 0.25) is 0 Å². The van der Waals surface area contributed by atoms with E-state index in [0.29, 0.717) is 23.3 Å². The molecule has 2 nitrogen and oxygen atoms in total. The topological polar surface area (TPSA) is 40.5 Å². The second kappa shape index (κ2) is 9.78. The van der Waals surface area contributed by atoms with Crippen molar-refractivity contribution < 1.29 is 10.2 Å². The molecule has 3 heterocycles. The maximum atomic E-state index is 10.9. The third kappa shape index (κ3) is 4.58. The van der Waals surface area contributed by atoms with Crippen LogP contribution in [0.2, 0.25) is 0 Å². The fraction of sp³-hybridized carbons (Fsp3) is 0.613. The molecule has 0 fully saturated rings. The monoisotopic (exact) mass is 546 g/mol. The summed E-state index contributed by atoms with van der Waals surface area (Å²) in [6, 6.07) is 8.53. The van der Waals surface area contributed by atoms with Gasteiger partial charge in [-0.05, 0) is 42.5 Å². The smallest absolute Gasteiger partial charge is 0.130 e. The van der Waals surface area contributed by atoms with Gasteiger partial charge in [-0.3, -0.25) is 0 Å². The Bertz CT molecular complexity index is 1200. The van der Waals surface area contributed by atoms with E-state index >= 15 is 0 Å². The highest BCUT2D eigenvalue weighted by Gasteiger charge is 2.48. The minimum absolute atomic E-state index is 0.136. The molecule has 2 N–H and O–H groups in total. The number of thiophene rings is 3. The van der Waals surface area contributed by atoms with Crippen molar-refractivity contribution in [3.05, 3.63) is 53.5 Å². The summed E-state index contributed by atoms with van der Waals surface area (Å²) in [5.74, 6) is 1.66. The van der Waals surface area contributed by atoms with Crippen LogP contribution in [-0.4, -0.2) is 10.2 Å². The van der Waals surface area contributed by atoms with Crippen LogP contribution < -0.4 is 0 Å². The van der Waals surface area contributed by atoms with Crippen molar-refractivity contribution in [1.29, 1.82) is 0 Å². The molecule has 0 aliphatic rings. The van der Waals surface area contributed by atoms with Gasteiger partial charge in [0, 0.05) is 41.2 Å². The Morgan fingerprint density at radius 1 is 0.639 bits per heavy atom. The van der Waals surface area contributed by atoms with E-state index < -0.39 is 0 Å². The first-order valence-corrected chi connectivity index (χ1v) is 15.6. The first-order chi connectivity index (χ1) is 16.4. The van der Waals surface area contributed by atoms with Gasteiger partial charge in [-0.1, -0.05) is 83.1 Å². The molecule has 0 spiro atoms. The van der Waals surface area contributed by atoms with E-state index in [9.17, 15) is 10.2 Å². The summed E-state index contributed by atoms with van der Waals surface area (Å²) in [4.78, 5) is 7.29. The van der Waals surface area contributed by atoms with Gasteiger partial charge in [0.05, 0.1) is 9.75 Å². The lowest BCUT2D eigenvalue weighted by molar-refractivity contribution is 0.269. The van der Waals surface area contributed by atoms with Gasteiger partial charge in [-0.2, -0.15) is 0 Å². The molecule has 0 aliphatic carbocycles. The van der Waals surface area contributed by atoms with Crippen LogP contribution in [-0.2, 0) is 21.7 Å². The van der Waals surface area contributed by atoms with Crippen LogP contribution in [0.4, 0.5) is 0 Å². The second-order valence-electron chi connectivity index (χ2n) is 12.8. The molecule has 0 saturated carbocycles. The molecule has 0 amide bonds. The van der Waals surface area contributed by atoms with Crippen molar-refractivity contribution in [2.24, 2.45) is 0 Å². The van der Waals surface area contributed by atoms with Gasteiger partial charge in [0.25, 0.3) is 0 Å². The van der Waals surface area contributed by atoms with Crippen molar-refractivity contribution >= 4 is 34.0 Å². The van der Waals surface area contributed by atoms with Crippen molar-refractivity contribution in [2.75, 3.05) is 0 Å². The quantitative estimate of drug-likeness (QED) is 0.280. The minimum atomic E-state index is -0.243. The van der Waals surface area contributed by atoms with Crippen LogP contribution in [0.1, 0.15) is 131 Å². The van der Waals surface area contributed by atoms with Crippen molar-refractivity contribution in [1.82, 2.24) is 0 Å². The Balaban J connectivity index is 2.06. The molecule has 0 aliphatic heterocycles. The zero-order chi connectivity index (χ0) is 27.4. The third-order valence-corrected chi connectivity index (χ3v) is 14.3. The number of hydrogen-bond acceptors (Lipinski definition) is 5. The second-order valence-corrected chi connectivity index (χ2v) is 16.0. The van der Waals surface area contributed by atoms with Gasteiger partial charge >= 0.3 is 0 Å². The number of aromatic hydroxyl groups is 2. The van der Waals surface area contributed by atoms with E-state index in [2.05, 4.69) is 95.2 Å². The van der Waals surface area contributed by atoms with Crippen LogP contribution in [0.25, 0.3) is 0 Å². The Morgan fingerprint density at radius 2 is 1.06 bits per heavy atom. The van der Waals surface area contributed by atoms with Gasteiger partial charge in [-0.25, -0.2) is 0 Å². The molecule has 1 unspecified atom stereocenters. The highest BCUT2D eigenvalue weighted by molar-refractivity contribution is 7.13. The standard InChI is InChI=1S/C31H46O2S3/c1-13-31(12,30(10,11)27-21(33)17-23(35-27)19(4)5)25-15-14-24(36-25)28(6,7)29(8,9)26-20(32)16-22(34-26)18(2)3/h14-19,32-33H,13H2,1-12H3. The molecule has 1 atom stereocenters. The van der Waals surface area contributed by atoms with Crippen molar-refractivity contribution in [3.8, 4) is 11.5 Å². The van der Waals surface area contributed by atoms with E-state index in [1.54, 1.807) is 22.7 Å². The summed E-state index contributed by atoms with van der Waals surface area (Å²) in [6.07, 6.45) is 0.974. The van der Waals surface area contributed by atoms with Gasteiger partial charge in [-0.15, -0.1) is 34.0 Å². The Morgan fingerprint density at radius 3 is 1.44 bits per heavy atom. The molecule has 36 heavy (non-hydrogen) atoms. The molecular weight excluding hydrogens is 501 g/mol. The molecule has 0 radical (unpaired) electrons. The van der Waals surface area contributed by atoms with E-state index in [0.717, 1.165) is 16.2 Å². The summed E-state index contributed by atoms with van der Waals surface area (Å²) in [5, 5.41) is 21.8. The average molecular weight is 547 g/mol. The fourth-order valence-corrected chi connectivity index (χ4v) is 9.25. The third-order valence-electron chi connectivity index (χ3n) is 9.15. The maximum Gasteiger partial charge on any atom is 0.130 e. The summed E-state index contributed by atoms with van der Waals surface area (Å²) >= 11 is 5.41. The van der Waals surface area contributed by atoms with Gasteiger partial charge < -0.3 is 10.2 Å². The van der Waals surface area contributed by atoms with Crippen LogP contribution in [0, 0.1) is 0 Å². The zero-order valence-electron chi connectivity index (χ0n) is 24.3. The zero-order valence-corrected chi connectivity index (χ0v) is 26.7. The highest BCUT2D eigenvalue weighted by Crippen LogP contribution is 2.56.